The van der Waals surface area contributed by atoms with Crippen molar-refractivity contribution in [2.24, 2.45) is 0 Å². The summed E-state index contributed by atoms with van der Waals surface area (Å²) < 4.78 is 0. The van der Waals surface area contributed by atoms with Gasteiger partial charge in [-0.2, -0.15) is 0 Å². The first kappa shape index (κ1) is 13.3. The predicted molar refractivity (Wildman–Crippen MR) is 74.2 cm³/mol. The number of carbonyl (C=O) groups is 1. The quantitative estimate of drug-likeness (QED) is 0.913. The molecular formula is C16H17NO2. The number of nitrogens with zero attached hydrogens (tertiary/aromatic N) is 1. The molecule has 0 saturated heterocycles. The van der Waals surface area contributed by atoms with E-state index in [0.717, 1.165) is 22.4 Å². The molecule has 0 saturated carbocycles. The fourth-order valence-corrected chi connectivity index (χ4v) is 2.19. The Hall–Kier alpha value is -2.16. The summed E-state index contributed by atoms with van der Waals surface area (Å²) in [6, 6.07) is 11.5. The number of aryl methyl sites for hydroxylation is 2. The standard InChI is InChI=1S/C16H17NO2/c1-11-5-3-4-6-13(11)10-15(16(18)19)14-7-8-17-12(2)9-14/h3-9,15H,10H2,1-2H3,(H,18,19). The molecule has 2 rings (SSSR count). The van der Waals surface area contributed by atoms with E-state index in [4.69, 9.17) is 0 Å². The van der Waals surface area contributed by atoms with Gasteiger partial charge >= 0.3 is 5.97 Å². The van der Waals surface area contributed by atoms with Gasteiger partial charge in [0.05, 0.1) is 5.92 Å². The fraction of sp³-hybridized carbons (Fsp3) is 0.250. The molecule has 3 heteroatoms. The van der Waals surface area contributed by atoms with Crippen molar-refractivity contribution in [1.82, 2.24) is 4.98 Å². The second-order valence-corrected chi connectivity index (χ2v) is 4.75. The molecule has 1 unspecified atom stereocenters. The van der Waals surface area contributed by atoms with Gasteiger partial charge in [-0.3, -0.25) is 9.78 Å². The van der Waals surface area contributed by atoms with E-state index in [9.17, 15) is 9.90 Å². The Labute approximate surface area is 112 Å². The van der Waals surface area contributed by atoms with Crippen molar-refractivity contribution >= 4 is 5.97 Å². The lowest BCUT2D eigenvalue weighted by atomic mass is 9.90. The Balaban J connectivity index is 2.32. The summed E-state index contributed by atoms with van der Waals surface area (Å²) in [5.41, 5.74) is 3.85. The lowest BCUT2D eigenvalue weighted by molar-refractivity contribution is -0.138. The first-order valence-electron chi connectivity index (χ1n) is 6.28. The topological polar surface area (TPSA) is 50.2 Å². The van der Waals surface area contributed by atoms with Crippen molar-refractivity contribution in [1.29, 1.82) is 0 Å². The molecular weight excluding hydrogens is 238 g/mol. The number of hydrogen-bond donors (Lipinski definition) is 1. The maximum absolute atomic E-state index is 11.5. The van der Waals surface area contributed by atoms with Crippen molar-refractivity contribution in [2.75, 3.05) is 0 Å². The van der Waals surface area contributed by atoms with Gasteiger partial charge in [0, 0.05) is 11.9 Å². The summed E-state index contributed by atoms with van der Waals surface area (Å²) in [7, 11) is 0. The third-order valence-corrected chi connectivity index (χ3v) is 3.31. The lowest BCUT2D eigenvalue weighted by Crippen LogP contribution is -2.15. The van der Waals surface area contributed by atoms with Crippen LogP contribution in [0.2, 0.25) is 0 Å². The molecule has 1 aromatic heterocycles. The average molecular weight is 255 g/mol. The molecule has 0 radical (unpaired) electrons. The van der Waals surface area contributed by atoms with Crippen LogP contribution in [0.5, 0.6) is 0 Å². The Bertz CT molecular complexity index is 593. The highest BCUT2D eigenvalue weighted by Gasteiger charge is 2.21. The molecule has 0 aliphatic carbocycles. The van der Waals surface area contributed by atoms with Crippen molar-refractivity contribution in [3.8, 4) is 0 Å². The zero-order valence-electron chi connectivity index (χ0n) is 11.1. The zero-order valence-corrected chi connectivity index (χ0v) is 11.1. The zero-order chi connectivity index (χ0) is 13.8. The second kappa shape index (κ2) is 5.65. The number of pyridine rings is 1. The van der Waals surface area contributed by atoms with Gasteiger partial charge in [0.25, 0.3) is 0 Å². The highest BCUT2D eigenvalue weighted by molar-refractivity contribution is 5.76. The number of aromatic nitrogens is 1. The Kier molecular flexibility index (Phi) is 3.95. The molecule has 0 aliphatic heterocycles. The van der Waals surface area contributed by atoms with Gasteiger partial charge in [-0.05, 0) is 49.1 Å². The van der Waals surface area contributed by atoms with E-state index in [-0.39, 0.29) is 0 Å². The average Bonchev–Trinajstić information content (AvgIpc) is 2.37. The summed E-state index contributed by atoms with van der Waals surface area (Å²) in [6.07, 6.45) is 2.17. The van der Waals surface area contributed by atoms with Gasteiger partial charge in [0.2, 0.25) is 0 Å². The highest BCUT2D eigenvalue weighted by atomic mass is 16.4. The van der Waals surface area contributed by atoms with Crippen LogP contribution >= 0.6 is 0 Å². The molecule has 19 heavy (non-hydrogen) atoms. The van der Waals surface area contributed by atoms with Crippen LogP contribution in [0.15, 0.2) is 42.6 Å². The smallest absolute Gasteiger partial charge is 0.311 e. The van der Waals surface area contributed by atoms with Gasteiger partial charge in [-0.15, -0.1) is 0 Å². The SMILES string of the molecule is Cc1cc(C(Cc2ccccc2C)C(=O)O)ccn1. The van der Waals surface area contributed by atoms with Crippen LogP contribution in [-0.2, 0) is 11.2 Å². The van der Waals surface area contributed by atoms with Crippen LogP contribution < -0.4 is 0 Å². The first-order chi connectivity index (χ1) is 9.08. The van der Waals surface area contributed by atoms with E-state index in [1.165, 1.54) is 0 Å². The molecule has 0 fully saturated rings. The van der Waals surface area contributed by atoms with Crippen LogP contribution in [0.4, 0.5) is 0 Å². The van der Waals surface area contributed by atoms with Gasteiger partial charge in [-0.1, -0.05) is 24.3 Å². The van der Waals surface area contributed by atoms with Crippen LogP contribution in [0, 0.1) is 13.8 Å². The summed E-state index contributed by atoms with van der Waals surface area (Å²) in [5, 5.41) is 9.45. The summed E-state index contributed by atoms with van der Waals surface area (Å²) >= 11 is 0. The van der Waals surface area contributed by atoms with Crippen molar-refractivity contribution < 1.29 is 9.90 Å². The van der Waals surface area contributed by atoms with E-state index in [2.05, 4.69) is 4.98 Å². The molecule has 1 atom stereocenters. The van der Waals surface area contributed by atoms with E-state index in [0.29, 0.717) is 6.42 Å². The van der Waals surface area contributed by atoms with E-state index in [1.54, 1.807) is 12.3 Å². The first-order valence-corrected chi connectivity index (χ1v) is 6.28. The molecule has 1 aromatic carbocycles. The van der Waals surface area contributed by atoms with Crippen LogP contribution in [0.3, 0.4) is 0 Å². The molecule has 0 bridgehead atoms. The minimum Gasteiger partial charge on any atom is -0.481 e. The number of aliphatic carboxylic acids is 1. The molecule has 1 heterocycles. The second-order valence-electron chi connectivity index (χ2n) is 4.75. The van der Waals surface area contributed by atoms with Crippen LogP contribution in [-0.4, -0.2) is 16.1 Å². The van der Waals surface area contributed by atoms with Gasteiger partial charge < -0.3 is 5.11 Å². The van der Waals surface area contributed by atoms with Gasteiger partial charge in [0.1, 0.15) is 0 Å². The van der Waals surface area contributed by atoms with E-state index in [1.807, 2.05) is 44.2 Å². The Morgan fingerprint density at radius 2 is 2.00 bits per heavy atom. The fourth-order valence-electron chi connectivity index (χ4n) is 2.19. The van der Waals surface area contributed by atoms with Crippen LogP contribution in [0.1, 0.15) is 28.3 Å². The third kappa shape index (κ3) is 3.19. The lowest BCUT2D eigenvalue weighted by Gasteiger charge is -2.14. The minimum atomic E-state index is -0.797. The van der Waals surface area contributed by atoms with E-state index >= 15 is 0 Å². The maximum atomic E-state index is 11.5. The monoisotopic (exact) mass is 255 g/mol. The normalized spacial score (nSPS) is 12.1. The number of carboxylic acid groups (broad SMARTS) is 1. The molecule has 1 N–H and O–H groups in total. The largest absolute Gasteiger partial charge is 0.481 e. The number of benzene rings is 1. The number of carboxylic acids is 1. The maximum Gasteiger partial charge on any atom is 0.311 e. The Morgan fingerprint density at radius 1 is 1.26 bits per heavy atom. The van der Waals surface area contributed by atoms with Crippen molar-refractivity contribution in [3.05, 3.63) is 65.0 Å². The summed E-state index contributed by atoms with van der Waals surface area (Å²) in [5.74, 6) is -1.32. The van der Waals surface area contributed by atoms with Crippen molar-refractivity contribution in [2.45, 2.75) is 26.2 Å². The molecule has 98 valence electrons. The van der Waals surface area contributed by atoms with Crippen LogP contribution in [0.25, 0.3) is 0 Å². The molecule has 0 aliphatic rings. The van der Waals surface area contributed by atoms with Gasteiger partial charge in [0.15, 0.2) is 0 Å². The molecule has 0 amide bonds. The number of rotatable bonds is 4. The molecule has 0 spiro atoms. The van der Waals surface area contributed by atoms with E-state index < -0.39 is 11.9 Å². The molecule has 3 nitrogen and oxygen atoms in total. The summed E-state index contributed by atoms with van der Waals surface area (Å²) in [6.45, 7) is 3.88. The minimum absolute atomic E-state index is 0.505. The van der Waals surface area contributed by atoms with Gasteiger partial charge in [-0.25, -0.2) is 0 Å². The van der Waals surface area contributed by atoms with Crippen molar-refractivity contribution in [3.63, 3.8) is 0 Å². The predicted octanol–water partition coefficient (Wildman–Crippen LogP) is 3.11. The highest BCUT2D eigenvalue weighted by Crippen LogP contribution is 2.23. The third-order valence-electron chi connectivity index (χ3n) is 3.31. The summed E-state index contributed by atoms with van der Waals surface area (Å²) in [4.78, 5) is 15.6. The Morgan fingerprint density at radius 3 is 2.63 bits per heavy atom. The molecule has 2 aromatic rings. The number of hydrogen-bond acceptors (Lipinski definition) is 2.